The van der Waals surface area contributed by atoms with Crippen LogP contribution in [0.25, 0.3) is 11.0 Å². The van der Waals surface area contributed by atoms with Crippen LogP contribution >= 0.6 is 15.9 Å². The van der Waals surface area contributed by atoms with Crippen LogP contribution in [-0.4, -0.2) is 23.1 Å². The zero-order chi connectivity index (χ0) is 14.1. The quantitative estimate of drug-likeness (QED) is 0.815. The molecule has 2 unspecified atom stereocenters. The van der Waals surface area contributed by atoms with Gasteiger partial charge in [-0.15, -0.1) is 0 Å². The third-order valence-corrected chi connectivity index (χ3v) is 4.79. The fourth-order valence-electron chi connectivity index (χ4n) is 3.23. The number of anilines is 1. The minimum absolute atomic E-state index is 0.620. The third kappa shape index (κ3) is 2.66. The molecule has 20 heavy (non-hydrogen) atoms. The maximum atomic E-state index is 4.56. The predicted molar refractivity (Wildman–Crippen MR) is 87.1 cm³/mol. The van der Waals surface area contributed by atoms with Gasteiger partial charge in [-0.05, 0) is 46.8 Å². The summed E-state index contributed by atoms with van der Waals surface area (Å²) in [4.78, 5) is 11.4. The van der Waals surface area contributed by atoms with Crippen molar-refractivity contribution < 1.29 is 0 Å². The largest absolute Gasteiger partial charge is 0.370 e. The standard InChI is InChI=1S/C16H20BrN3/c1-11-4-3-5-13(8-11)20(2)15-6-7-18-14-9-12(17)10-19-16(14)15/h6-7,9-11,13H,3-5,8H2,1-2H3. The molecule has 3 rings (SSSR count). The molecule has 0 bridgehead atoms. The van der Waals surface area contributed by atoms with E-state index in [1.807, 2.05) is 18.5 Å². The number of hydrogen-bond acceptors (Lipinski definition) is 3. The lowest BCUT2D eigenvalue weighted by molar-refractivity contribution is 0.336. The summed E-state index contributed by atoms with van der Waals surface area (Å²) in [5, 5.41) is 0. The Kier molecular flexibility index (Phi) is 3.92. The van der Waals surface area contributed by atoms with Gasteiger partial charge in [0.25, 0.3) is 0 Å². The van der Waals surface area contributed by atoms with Crippen molar-refractivity contribution in [2.75, 3.05) is 11.9 Å². The van der Waals surface area contributed by atoms with Gasteiger partial charge in [0, 0.05) is 30.0 Å². The molecule has 0 aromatic carbocycles. The lowest BCUT2D eigenvalue weighted by Gasteiger charge is -2.35. The van der Waals surface area contributed by atoms with E-state index < -0.39 is 0 Å². The smallest absolute Gasteiger partial charge is 0.112 e. The molecule has 1 fully saturated rings. The maximum absolute atomic E-state index is 4.56. The Morgan fingerprint density at radius 2 is 2.15 bits per heavy atom. The number of hydrogen-bond donors (Lipinski definition) is 0. The zero-order valence-electron chi connectivity index (χ0n) is 12.0. The molecule has 3 nitrogen and oxygen atoms in total. The molecule has 1 aliphatic rings. The molecule has 0 aliphatic heterocycles. The first-order valence-corrected chi connectivity index (χ1v) is 8.07. The van der Waals surface area contributed by atoms with E-state index in [9.17, 15) is 0 Å². The van der Waals surface area contributed by atoms with Gasteiger partial charge in [0.2, 0.25) is 0 Å². The second-order valence-electron chi connectivity index (χ2n) is 5.89. The summed E-state index contributed by atoms with van der Waals surface area (Å²) in [6.07, 6.45) is 8.99. The van der Waals surface area contributed by atoms with Crippen molar-refractivity contribution >= 4 is 32.7 Å². The molecule has 1 aliphatic carbocycles. The Morgan fingerprint density at radius 1 is 1.30 bits per heavy atom. The summed E-state index contributed by atoms with van der Waals surface area (Å²) in [5.74, 6) is 0.825. The van der Waals surface area contributed by atoms with Crippen LogP contribution in [0.5, 0.6) is 0 Å². The van der Waals surface area contributed by atoms with Gasteiger partial charge in [0.15, 0.2) is 0 Å². The van der Waals surface area contributed by atoms with E-state index in [4.69, 9.17) is 0 Å². The summed E-state index contributed by atoms with van der Waals surface area (Å²) in [7, 11) is 2.20. The van der Waals surface area contributed by atoms with E-state index in [1.165, 1.54) is 31.4 Å². The highest BCUT2D eigenvalue weighted by Gasteiger charge is 2.23. The maximum Gasteiger partial charge on any atom is 0.112 e. The van der Waals surface area contributed by atoms with Gasteiger partial charge in [-0.25, -0.2) is 0 Å². The van der Waals surface area contributed by atoms with Crippen molar-refractivity contribution in [2.24, 2.45) is 5.92 Å². The first-order valence-electron chi connectivity index (χ1n) is 7.28. The second-order valence-corrected chi connectivity index (χ2v) is 6.80. The highest BCUT2D eigenvalue weighted by molar-refractivity contribution is 9.10. The molecule has 4 heteroatoms. The molecule has 106 valence electrons. The molecule has 2 atom stereocenters. The van der Waals surface area contributed by atoms with E-state index in [-0.39, 0.29) is 0 Å². The lowest BCUT2D eigenvalue weighted by Crippen LogP contribution is -2.35. The number of aromatic nitrogens is 2. The molecule has 0 saturated heterocycles. The Labute approximate surface area is 128 Å². The highest BCUT2D eigenvalue weighted by Crippen LogP contribution is 2.32. The van der Waals surface area contributed by atoms with Crippen LogP contribution in [0, 0.1) is 5.92 Å². The molecular formula is C16H20BrN3. The summed E-state index contributed by atoms with van der Waals surface area (Å²) in [6.45, 7) is 2.36. The van der Waals surface area contributed by atoms with Crippen molar-refractivity contribution in [1.82, 2.24) is 9.97 Å². The van der Waals surface area contributed by atoms with E-state index in [0.717, 1.165) is 21.4 Å². The van der Waals surface area contributed by atoms with Gasteiger partial charge < -0.3 is 4.90 Å². The number of halogens is 1. The molecular weight excluding hydrogens is 314 g/mol. The molecule has 0 spiro atoms. The normalized spacial score (nSPS) is 22.9. The average Bonchev–Trinajstić information content (AvgIpc) is 2.45. The first-order chi connectivity index (χ1) is 9.65. The van der Waals surface area contributed by atoms with Crippen molar-refractivity contribution in [3.63, 3.8) is 0 Å². The number of nitrogens with zero attached hydrogens (tertiary/aromatic N) is 3. The van der Waals surface area contributed by atoms with E-state index in [1.54, 1.807) is 0 Å². The highest BCUT2D eigenvalue weighted by atomic mass is 79.9. The Bertz CT molecular complexity index is 614. The van der Waals surface area contributed by atoms with Gasteiger partial charge in [-0.2, -0.15) is 0 Å². The molecule has 0 N–H and O–H groups in total. The van der Waals surface area contributed by atoms with Gasteiger partial charge in [-0.1, -0.05) is 19.8 Å². The minimum Gasteiger partial charge on any atom is -0.370 e. The fraction of sp³-hybridized carbons (Fsp3) is 0.500. The first kappa shape index (κ1) is 13.8. The Hall–Kier alpha value is -1.16. The van der Waals surface area contributed by atoms with Crippen LogP contribution < -0.4 is 4.90 Å². The average molecular weight is 334 g/mol. The molecule has 2 heterocycles. The van der Waals surface area contributed by atoms with E-state index in [2.05, 4.69) is 50.8 Å². The SMILES string of the molecule is CC1CCCC(N(C)c2ccnc3cc(Br)cnc23)C1. The van der Waals surface area contributed by atoms with Crippen LogP contribution in [0.15, 0.2) is 29.0 Å². The fourth-order valence-corrected chi connectivity index (χ4v) is 3.55. The van der Waals surface area contributed by atoms with E-state index in [0.29, 0.717) is 6.04 Å². The Balaban J connectivity index is 1.96. The summed E-state index contributed by atoms with van der Waals surface area (Å²) < 4.78 is 0.976. The number of fused-ring (bicyclic) bond motifs is 1. The van der Waals surface area contributed by atoms with Crippen molar-refractivity contribution in [1.29, 1.82) is 0 Å². The molecule has 0 radical (unpaired) electrons. The molecule has 0 amide bonds. The zero-order valence-corrected chi connectivity index (χ0v) is 13.6. The molecule has 2 aromatic rings. The van der Waals surface area contributed by atoms with Crippen molar-refractivity contribution in [3.8, 4) is 0 Å². The molecule has 2 aromatic heterocycles. The summed E-state index contributed by atoms with van der Waals surface area (Å²) >= 11 is 3.46. The van der Waals surface area contributed by atoms with E-state index >= 15 is 0 Å². The topological polar surface area (TPSA) is 29.0 Å². The predicted octanol–water partition coefficient (Wildman–Crippen LogP) is 4.41. The van der Waals surface area contributed by atoms with Gasteiger partial charge >= 0.3 is 0 Å². The number of rotatable bonds is 2. The van der Waals surface area contributed by atoms with Crippen molar-refractivity contribution in [2.45, 2.75) is 38.6 Å². The summed E-state index contributed by atoms with van der Waals surface area (Å²) in [6, 6.07) is 4.74. The number of pyridine rings is 2. The van der Waals surface area contributed by atoms with Crippen LogP contribution in [0.1, 0.15) is 32.6 Å². The minimum atomic E-state index is 0.620. The van der Waals surface area contributed by atoms with Crippen LogP contribution in [-0.2, 0) is 0 Å². The monoisotopic (exact) mass is 333 g/mol. The third-order valence-electron chi connectivity index (χ3n) is 4.36. The van der Waals surface area contributed by atoms with Gasteiger partial charge in [0.1, 0.15) is 5.52 Å². The van der Waals surface area contributed by atoms with Gasteiger partial charge in [0.05, 0.1) is 11.2 Å². The van der Waals surface area contributed by atoms with Crippen molar-refractivity contribution in [3.05, 3.63) is 29.0 Å². The second kappa shape index (κ2) is 5.68. The van der Waals surface area contributed by atoms with Crippen LogP contribution in [0.2, 0.25) is 0 Å². The van der Waals surface area contributed by atoms with Crippen LogP contribution in [0.4, 0.5) is 5.69 Å². The lowest BCUT2D eigenvalue weighted by atomic mass is 9.86. The summed E-state index contributed by atoms with van der Waals surface area (Å²) in [5.41, 5.74) is 3.14. The van der Waals surface area contributed by atoms with Crippen LogP contribution in [0.3, 0.4) is 0 Å². The molecule has 1 saturated carbocycles. The van der Waals surface area contributed by atoms with Gasteiger partial charge in [-0.3, -0.25) is 9.97 Å². The Morgan fingerprint density at radius 3 is 2.95 bits per heavy atom.